The maximum Gasteiger partial charge on any atom is 0.328 e. The molecule has 0 unspecified atom stereocenters. The van der Waals surface area contributed by atoms with E-state index in [-0.39, 0.29) is 16.8 Å². The van der Waals surface area contributed by atoms with Crippen molar-refractivity contribution in [3.63, 3.8) is 0 Å². The van der Waals surface area contributed by atoms with E-state index in [0.717, 1.165) is 6.07 Å². The summed E-state index contributed by atoms with van der Waals surface area (Å²) in [5.74, 6) is 0.121. The van der Waals surface area contributed by atoms with Crippen LogP contribution in [0.5, 0.6) is 0 Å². The SMILES string of the molecule is CC(C)Cn1c(=O)[nH]c(=O)c2c(S(=O)(=O)O)cccc21. The van der Waals surface area contributed by atoms with Crippen molar-refractivity contribution >= 4 is 21.0 Å². The van der Waals surface area contributed by atoms with E-state index in [1.807, 2.05) is 13.8 Å². The average Bonchev–Trinajstić information content (AvgIpc) is 2.32. The zero-order valence-electron chi connectivity index (χ0n) is 11.0. The normalized spacial score (nSPS) is 12.2. The van der Waals surface area contributed by atoms with Crippen molar-refractivity contribution in [1.82, 2.24) is 9.55 Å². The van der Waals surface area contributed by atoms with E-state index < -0.39 is 26.3 Å². The number of rotatable bonds is 3. The molecule has 20 heavy (non-hydrogen) atoms. The van der Waals surface area contributed by atoms with Gasteiger partial charge in [0.15, 0.2) is 0 Å². The molecular formula is C12H14N2O5S. The molecule has 0 saturated carbocycles. The van der Waals surface area contributed by atoms with Crippen molar-refractivity contribution in [1.29, 1.82) is 0 Å². The minimum atomic E-state index is -4.55. The maximum atomic E-state index is 11.9. The molecule has 0 radical (unpaired) electrons. The molecule has 0 spiro atoms. The number of aromatic amines is 1. The van der Waals surface area contributed by atoms with Crippen LogP contribution < -0.4 is 11.2 Å². The van der Waals surface area contributed by atoms with Gasteiger partial charge in [0.2, 0.25) is 0 Å². The molecule has 2 rings (SSSR count). The van der Waals surface area contributed by atoms with Crippen molar-refractivity contribution in [2.75, 3.05) is 0 Å². The number of H-pyrrole nitrogens is 1. The molecule has 0 aliphatic rings. The number of hydrogen-bond acceptors (Lipinski definition) is 4. The third kappa shape index (κ3) is 2.52. The van der Waals surface area contributed by atoms with Crippen molar-refractivity contribution in [3.8, 4) is 0 Å². The fourth-order valence-corrected chi connectivity index (χ4v) is 2.78. The molecule has 0 amide bonds. The number of benzene rings is 1. The Labute approximate surface area is 114 Å². The lowest BCUT2D eigenvalue weighted by atomic mass is 10.2. The Morgan fingerprint density at radius 1 is 1.30 bits per heavy atom. The lowest BCUT2D eigenvalue weighted by molar-refractivity contribution is 0.483. The summed E-state index contributed by atoms with van der Waals surface area (Å²) in [5.41, 5.74) is -1.26. The smallest absolute Gasteiger partial charge is 0.293 e. The molecule has 0 aliphatic carbocycles. The zero-order valence-corrected chi connectivity index (χ0v) is 11.8. The topological polar surface area (TPSA) is 109 Å². The predicted molar refractivity (Wildman–Crippen MR) is 73.5 cm³/mol. The summed E-state index contributed by atoms with van der Waals surface area (Å²) in [6.45, 7) is 4.09. The van der Waals surface area contributed by atoms with Gasteiger partial charge < -0.3 is 0 Å². The second-order valence-electron chi connectivity index (χ2n) is 4.89. The van der Waals surface area contributed by atoms with E-state index in [9.17, 15) is 22.6 Å². The molecule has 8 heteroatoms. The first-order valence-electron chi connectivity index (χ1n) is 5.95. The third-order valence-corrected chi connectivity index (χ3v) is 3.71. The minimum absolute atomic E-state index is 0.121. The highest BCUT2D eigenvalue weighted by Gasteiger charge is 2.19. The van der Waals surface area contributed by atoms with Gasteiger partial charge in [0, 0.05) is 6.54 Å². The maximum absolute atomic E-state index is 11.9. The molecule has 0 fully saturated rings. The minimum Gasteiger partial charge on any atom is -0.293 e. The van der Waals surface area contributed by atoms with E-state index in [2.05, 4.69) is 4.98 Å². The number of aromatic nitrogens is 2. The molecule has 0 saturated heterocycles. The second kappa shape index (κ2) is 4.88. The van der Waals surface area contributed by atoms with E-state index in [1.54, 1.807) is 0 Å². The van der Waals surface area contributed by atoms with Crippen LogP contribution in [0, 0.1) is 5.92 Å². The van der Waals surface area contributed by atoms with Crippen LogP contribution in [0.4, 0.5) is 0 Å². The molecule has 2 N–H and O–H groups in total. The highest BCUT2D eigenvalue weighted by molar-refractivity contribution is 7.86. The molecule has 1 heterocycles. The molecule has 0 bridgehead atoms. The second-order valence-corrected chi connectivity index (χ2v) is 6.28. The lowest BCUT2D eigenvalue weighted by Gasteiger charge is -2.12. The molecule has 108 valence electrons. The molecule has 0 aliphatic heterocycles. The standard InChI is InChI=1S/C12H14N2O5S/c1-7(2)6-14-8-4-3-5-9(20(17,18)19)10(8)11(15)13-12(14)16/h3-5,7H,6H2,1-2H3,(H,13,15,16)(H,17,18,19). The zero-order chi connectivity index (χ0) is 15.1. The first kappa shape index (κ1) is 14.5. The van der Waals surface area contributed by atoms with E-state index in [0.29, 0.717) is 6.54 Å². The van der Waals surface area contributed by atoms with Gasteiger partial charge in [-0.2, -0.15) is 8.42 Å². The van der Waals surface area contributed by atoms with Crippen LogP contribution in [-0.2, 0) is 16.7 Å². The Hall–Kier alpha value is -1.93. The predicted octanol–water partition coefficient (Wildman–Crippen LogP) is 0.593. The van der Waals surface area contributed by atoms with Crippen LogP contribution in [0.2, 0.25) is 0 Å². The fourth-order valence-electron chi connectivity index (χ4n) is 2.07. The van der Waals surface area contributed by atoms with Crippen LogP contribution in [-0.4, -0.2) is 22.5 Å². The van der Waals surface area contributed by atoms with Crippen LogP contribution >= 0.6 is 0 Å². The Kier molecular flexibility index (Phi) is 3.53. The van der Waals surface area contributed by atoms with Crippen molar-refractivity contribution in [2.45, 2.75) is 25.3 Å². The highest BCUT2D eigenvalue weighted by atomic mass is 32.2. The fraction of sp³-hybridized carbons (Fsp3) is 0.333. The van der Waals surface area contributed by atoms with Gasteiger partial charge in [-0.15, -0.1) is 0 Å². The quantitative estimate of drug-likeness (QED) is 0.806. The number of nitrogens with one attached hydrogen (secondary N) is 1. The number of nitrogens with zero attached hydrogens (tertiary/aromatic N) is 1. The number of hydrogen-bond donors (Lipinski definition) is 2. The Bertz CT molecular complexity index is 877. The Morgan fingerprint density at radius 3 is 2.50 bits per heavy atom. The lowest BCUT2D eigenvalue weighted by Crippen LogP contribution is -2.32. The van der Waals surface area contributed by atoms with Gasteiger partial charge in [-0.3, -0.25) is 18.9 Å². The first-order valence-corrected chi connectivity index (χ1v) is 7.39. The van der Waals surface area contributed by atoms with Crippen LogP contribution in [0.1, 0.15) is 13.8 Å². The third-order valence-electron chi connectivity index (χ3n) is 2.81. The summed E-state index contributed by atoms with van der Waals surface area (Å²) < 4.78 is 33.1. The van der Waals surface area contributed by atoms with Crippen molar-refractivity contribution in [3.05, 3.63) is 39.0 Å². The molecule has 1 aromatic carbocycles. The summed E-state index contributed by atoms with van der Waals surface area (Å²) in [7, 11) is -4.55. The first-order chi connectivity index (χ1) is 9.21. The number of fused-ring (bicyclic) bond motifs is 1. The average molecular weight is 298 g/mol. The Morgan fingerprint density at radius 2 is 1.95 bits per heavy atom. The summed E-state index contributed by atoms with van der Waals surface area (Å²) in [6, 6.07) is 3.97. The molecule has 2 aromatic rings. The largest absolute Gasteiger partial charge is 0.328 e. The van der Waals surface area contributed by atoms with Crippen LogP contribution in [0.15, 0.2) is 32.7 Å². The van der Waals surface area contributed by atoms with Crippen molar-refractivity contribution < 1.29 is 13.0 Å². The molecule has 0 atom stereocenters. The van der Waals surface area contributed by atoms with Gasteiger partial charge in [0.25, 0.3) is 15.7 Å². The van der Waals surface area contributed by atoms with E-state index in [1.165, 1.54) is 16.7 Å². The van der Waals surface area contributed by atoms with Gasteiger partial charge in [0.05, 0.1) is 10.9 Å². The van der Waals surface area contributed by atoms with E-state index in [4.69, 9.17) is 0 Å². The van der Waals surface area contributed by atoms with Gasteiger partial charge in [0.1, 0.15) is 4.90 Å². The summed E-state index contributed by atoms with van der Waals surface area (Å²) >= 11 is 0. The van der Waals surface area contributed by atoms with Gasteiger partial charge in [-0.05, 0) is 18.1 Å². The van der Waals surface area contributed by atoms with E-state index >= 15 is 0 Å². The summed E-state index contributed by atoms with van der Waals surface area (Å²) in [4.78, 5) is 25.3. The monoisotopic (exact) mass is 298 g/mol. The molecule has 7 nitrogen and oxygen atoms in total. The van der Waals surface area contributed by atoms with Crippen LogP contribution in [0.25, 0.3) is 10.9 Å². The Balaban J connectivity index is 2.99. The summed E-state index contributed by atoms with van der Waals surface area (Å²) in [6.07, 6.45) is 0. The van der Waals surface area contributed by atoms with Gasteiger partial charge >= 0.3 is 5.69 Å². The molecular weight excluding hydrogens is 284 g/mol. The van der Waals surface area contributed by atoms with Gasteiger partial charge in [-0.25, -0.2) is 4.79 Å². The van der Waals surface area contributed by atoms with Crippen molar-refractivity contribution in [2.24, 2.45) is 5.92 Å². The van der Waals surface area contributed by atoms with Crippen LogP contribution in [0.3, 0.4) is 0 Å². The highest BCUT2D eigenvalue weighted by Crippen LogP contribution is 2.18. The molecule has 1 aromatic heterocycles. The van der Waals surface area contributed by atoms with Gasteiger partial charge in [-0.1, -0.05) is 19.9 Å². The summed E-state index contributed by atoms with van der Waals surface area (Å²) in [5, 5.41) is -0.213.